The van der Waals surface area contributed by atoms with Crippen molar-refractivity contribution < 1.29 is 19.0 Å². The van der Waals surface area contributed by atoms with Gasteiger partial charge in [-0.3, -0.25) is 15.2 Å². The number of ether oxygens (including phenoxy) is 1. The van der Waals surface area contributed by atoms with Gasteiger partial charge < -0.3 is 9.84 Å². The molecule has 2 aliphatic rings. The second-order valence-corrected chi connectivity index (χ2v) is 6.76. The molecule has 7 heteroatoms. The lowest BCUT2D eigenvalue weighted by molar-refractivity contribution is -0.138. The highest BCUT2D eigenvalue weighted by Crippen LogP contribution is 2.47. The Bertz CT molecular complexity index is 806. The SMILES string of the molecule is O=C(O)C1CC1c1ccc(COc2ccc(C3CCNN3)nc2)c(F)c1. The topological polar surface area (TPSA) is 83.5 Å². The zero-order valence-corrected chi connectivity index (χ0v) is 14.1. The maximum atomic E-state index is 14.3. The van der Waals surface area contributed by atoms with Gasteiger partial charge in [0.15, 0.2) is 0 Å². The molecular weight excluding hydrogens is 337 g/mol. The average molecular weight is 357 g/mol. The van der Waals surface area contributed by atoms with Crippen molar-refractivity contribution in [3.05, 3.63) is 59.2 Å². The van der Waals surface area contributed by atoms with Crippen LogP contribution in [-0.2, 0) is 11.4 Å². The molecule has 1 aliphatic heterocycles. The molecule has 0 bridgehead atoms. The number of carboxylic acids is 1. The number of rotatable bonds is 6. The Morgan fingerprint density at radius 2 is 2.23 bits per heavy atom. The summed E-state index contributed by atoms with van der Waals surface area (Å²) in [6.07, 6.45) is 3.20. The Balaban J connectivity index is 1.36. The smallest absolute Gasteiger partial charge is 0.307 e. The number of aromatic nitrogens is 1. The Morgan fingerprint density at radius 3 is 2.85 bits per heavy atom. The Kier molecular flexibility index (Phi) is 4.57. The summed E-state index contributed by atoms with van der Waals surface area (Å²) in [5, 5.41) is 8.98. The molecule has 3 atom stereocenters. The summed E-state index contributed by atoms with van der Waals surface area (Å²) in [4.78, 5) is 15.3. The van der Waals surface area contributed by atoms with E-state index in [2.05, 4.69) is 15.8 Å². The fourth-order valence-electron chi connectivity index (χ4n) is 3.30. The van der Waals surface area contributed by atoms with Crippen LogP contribution in [0, 0.1) is 11.7 Å². The van der Waals surface area contributed by atoms with Crippen LogP contribution in [0.15, 0.2) is 36.5 Å². The summed E-state index contributed by atoms with van der Waals surface area (Å²) in [6, 6.07) is 8.81. The van der Waals surface area contributed by atoms with Gasteiger partial charge in [-0.15, -0.1) is 0 Å². The molecule has 0 amide bonds. The molecule has 4 rings (SSSR count). The van der Waals surface area contributed by atoms with E-state index in [1.54, 1.807) is 18.3 Å². The van der Waals surface area contributed by atoms with Crippen molar-refractivity contribution in [3.63, 3.8) is 0 Å². The van der Waals surface area contributed by atoms with Gasteiger partial charge in [0.25, 0.3) is 0 Å². The summed E-state index contributed by atoms with van der Waals surface area (Å²) in [5.74, 6) is -1.07. The number of hydrazine groups is 1. The molecule has 1 saturated heterocycles. The third-order valence-electron chi connectivity index (χ3n) is 4.96. The Morgan fingerprint density at radius 1 is 1.35 bits per heavy atom. The summed E-state index contributed by atoms with van der Waals surface area (Å²) in [7, 11) is 0. The minimum atomic E-state index is -0.817. The van der Waals surface area contributed by atoms with Crippen LogP contribution in [0.1, 0.15) is 41.6 Å². The van der Waals surface area contributed by atoms with Crippen LogP contribution in [0.2, 0.25) is 0 Å². The van der Waals surface area contributed by atoms with E-state index in [1.807, 2.05) is 12.1 Å². The molecule has 2 heterocycles. The van der Waals surface area contributed by atoms with Crippen LogP contribution in [0.3, 0.4) is 0 Å². The highest BCUT2D eigenvalue weighted by Gasteiger charge is 2.44. The molecule has 1 saturated carbocycles. The van der Waals surface area contributed by atoms with E-state index < -0.39 is 5.97 Å². The van der Waals surface area contributed by atoms with E-state index in [9.17, 15) is 9.18 Å². The Hall–Kier alpha value is -2.51. The quantitative estimate of drug-likeness (QED) is 0.737. The van der Waals surface area contributed by atoms with Crippen molar-refractivity contribution >= 4 is 5.97 Å². The summed E-state index contributed by atoms with van der Waals surface area (Å²) >= 11 is 0. The van der Waals surface area contributed by atoms with Gasteiger partial charge >= 0.3 is 5.97 Å². The second-order valence-electron chi connectivity index (χ2n) is 6.76. The van der Waals surface area contributed by atoms with Crippen LogP contribution in [0.25, 0.3) is 0 Å². The van der Waals surface area contributed by atoms with Crippen molar-refractivity contribution in [2.45, 2.75) is 31.4 Å². The average Bonchev–Trinajstić information content (AvgIpc) is 3.27. The molecule has 1 aromatic heterocycles. The number of carbonyl (C=O) groups is 1. The van der Waals surface area contributed by atoms with E-state index in [4.69, 9.17) is 9.84 Å². The lowest BCUT2D eigenvalue weighted by Crippen LogP contribution is -2.25. The molecule has 1 aliphatic carbocycles. The van der Waals surface area contributed by atoms with E-state index in [-0.39, 0.29) is 30.3 Å². The number of nitrogens with one attached hydrogen (secondary N) is 2. The van der Waals surface area contributed by atoms with E-state index in [1.165, 1.54) is 6.07 Å². The largest absolute Gasteiger partial charge is 0.487 e. The minimum absolute atomic E-state index is 0.0765. The van der Waals surface area contributed by atoms with Gasteiger partial charge in [0, 0.05) is 12.1 Å². The van der Waals surface area contributed by atoms with E-state index in [0.717, 1.165) is 24.2 Å². The number of pyridine rings is 1. The van der Waals surface area contributed by atoms with Crippen molar-refractivity contribution in [3.8, 4) is 5.75 Å². The van der Waals surface area contributed by atoms with Crippen LogP contribution in [-0.4, -0.2) is 22.6 Å². The summed E-state index contributed by atoms with van der Waals surface area (Å²) in [5.41, 5.74) is 8.33. The van der Waals surface area contributed by atoms with Gasteiger partial charge in [0.2, 0.25) is 0 Å². The molecule has 3 N–H and O–H groups in total. The molecular formula is C19H20FN3O3. The first-order valence-electron chi connectivity index (χ1n) is 8.70. The number of benzene rings is 1. The van der Waals surface area contributed by atoms with Crippen molar-refractivity contribution in [2.75, 3.05) is 6.54 Å². The highest BCUT2D eigenvalue weighted by atomic mass is 19.1. The fourth-order valence-corrected chi connectivity index (χ4v) is 3.30. The first-order valence-corrected chi connectivity index (χ1v) is 8.70. The highest BCUT2D eigenvalue weighted by molar-refractivity contribution is 5.75. The molecule has 0 radical (unpaired) electrons. The van der Waals surface area contributed by atoms with Gasteiger partial charge in [-0.05, 0) is 42.5 Å². The fraction of sp³-hybridized carbons (Fsp3) is 0.368. The molecule has 26 heavy (non-hydrogen) atoms. The maximum Gasteiger partial charge on any atom is 0.307 e. The first-order chi connectivity index (χ1) is 12.6. The van der Waals surface area contributed by atoms with Crippen LogP contribution >= 0.6 is 0 Å². The normalized spacial score (nSPS) is 24.4. The Labute approximate surface area is 150 Å². The second kappa shape index (κ2) is 7.01. The predicted molar refractivity (Wildman–Crippen MR) is 91.9 cm³/mol. The van der Waals surface area contributed by atoms with Gasteiger partial charge in [-0.2, -0.15) is 0 Å². The van der Waals surface area contributed by atoms with Gasteiger partial charge in [0.1, 0.15) is 18.2 Å². The van der Waals surface area contributed by atoms with E-state index >= 15 is 0 Å². The lowest BCUT2D eigenvalue weighted by Gasteiger charge is -2.11. The molecule has 6 nitrogen and oxygen atoms in total. The molecule has 2 aromatic rings. The number of carboxylic acid groups (broad SMARTS) is 1. The summed E-state index contributed by atoms with van der Waals surface area (Å²) in [6.45, 7) is 1.01. The predicted octanol–water partition coefficient (Wildman–Crippen LogP) is 2.53. The molecule has 0 spiro atoms. The standard InChI is InChI=1S/C19H20FN3O3/c20-16-7-11(14-8-15(14)19(24)25)1-2-12(16)10-26-13-3-4-17(21-9-13)18-5-6-22-23-18/h1-4,7,9,14-15,18,22-23H,5-6,8,10H2,(H,24,25). The number of hydrogen-bond acceptors (Lipinski definition) is 5. The molecule has 2 fully saturated rings. The monoisotopic (exact) mass is 357 g/mol. The zero-order valence-electron chi connectivity index (χ0n) is 14.1. The number of nitrogens with zero attached hydrogens (tertiary/aromatic N) is 1. The van der Waals surface area contributed by atoms with E-state index in [0.29, 0.717) is 17.7 Å². The van der Waals surface area contributed by atoms with Crippen molar-refractivity contribution in [2.24, 2.45) is 5.92 Å². The molecule has 136 valence electrons. The lowest BCUT2D eigenvalue weighted by atomic mass is 10.1. The van der Waals surface area contributed by atoms with Gasteiger partial charge in [-0.1, -0.05) is 12.1 Å². The first kappa shape index (κ1) is 16.9. The zero-order chi connectivity index (χ0) is 18.1. The third-order valence-corrected chi connectivity index (χ3v) is 4.96. The number of hydrogen-bond donors (Lipinski definition) is 3. The van der Waals surface area contributed by atoms with Gasteiger partial charge in [-0.25, -0.2) is 9.82 Å². The van der Waals surface area contributed by atoms with Crippen molar-refractivity contribution in [1.29, 1.82) is 0 Å². The van der Waals surface area contributed by atoms with Crippen LogP contribution in [0.4, 0.5) is 4.39 Å². The molecule has 3 unspecified atom stereocenters. The molecule has 1 aromatic carbocycles. The summed E-state index contributed by atoms with van der Waals surface area (Å²) < 4.78 is 19.9. The maximum absolute atomic E-state index is 14.3. The van der Waals surface area contributed by atoms with Crippen LogP contribution in [0.5, 0.6) is 5.75 Å². The number of halogens is 1. The van der Waals surface area contributed by atoms with Gasteiger partial charge in [0.05, 0.1) is 23.9 Å². The minimum Gasteiger partial charge on any atom is -0.487 e. The van der Waals surface area contributed by atoms with Crippen LogP contribution < -0.4 is 15.6 Å². The number of aliphatic carboxylic acids is 1. The van der Waals surface area contributed by atoms with Crippen molar-refractivity contribution in [1.82, 2.24) is 15.8 Å². The third kappa shape index (κ3) is 3.54.